The summed E-state index contributed by atoms with van der Waals surface area (Å²) in [5.74, 6) is -0.392. The molecule has 3 rings (SSSR count). The lowest BCUT2D eigenvalue weighted by Crippen LogP contribution is -2.37. The fourth-order valence-corrected chi connectivity index (χ4v) is 3.32. The van der Waals surface area contributed by atoms with Crippen LogP contribution in [0.15, 0.2) is 84.9 Å². The number of carbonyl (C=O) groups is 2. The van der Waals surface area contributed by atoms with Crippen molar-refractivity contribution in [2.75, 3.05) is 6.54 Å². The molecule has 4 nitrogen and oxygen atoms in total. The van der Waals surface area contributed by atoms with E-state index in [-0.39, 0.29) is 24.3 Å². The molecular weight excluding hydrogens is 360 g/mol. The maximum atomic E-state index is 12.5. The zero-order valence-electron chi connectivity index (χ0n) is 16.6. The predicted molar refractivity (Wildman–Crippen MR) is 115 cm³/mol. The van der Waals surface area contributed by atoms with Crippen LogP contribution in [0.25, 0.3) is 0 Å². The molecule has 0 saturated carbocycles. The van der Waals surface area contributed by atoms with Crippen molar-refractivity contribution in [2.45, 2.75) is 25.8 Å². The molecule has 3 aromatic rings. The lowest BCUT2D eigenvalue weighted by Gasteiger charge is -2.18. The summed E-state index contributed by atoms with van der Waals surface area (Å²) in [6, 6.07) is 27.9. The smallest absolute Gasteiger partial charge is 0.239 e. The monoisotopic (exact) mass is 386 g/mol. The molecule has 29 heavy (non-hydrogen) atoms. The van der Waals surface area contributed by atoms with Gasteiger partial charge in [-0.2, -0.15) is 0 Å². The third-order valence-electron chi connectivity index (χ3n) is 4.81. The van der Waals surface area contributed by atoms with Gasteiger partial charge in [-0.25, -0.2) is 0 Å². The highest BCUT2D eigenvalue weighted by Gasteiger charge is 2.18. The Balaban J connectivity index is 1.54. The van der Waals surface area contributed by atoms with Gasteiger partial charge in [0.05, 0.1) is 6.54 Å². The quantitative estimate of drug-likeness (QED) is 0.616. The van der Waals surface area contributed by atoms with Gasteiger partial charge in [0, 0.05) is 18.9 Å². The summed E-state index contributed by atoms with van der Waals surface area (Å²) >= 11 is 0. The average Bonchev–Trinajstić information content (AvgIpc) is 2.76. The van der Waals surface area contributed by atoms with Crippen LogP contribution in [0.3, 0.4) is 0 Å². The SMILES string of the molecule is Cc1cccc(CNC(=O)CNC(=O)CC(c2ccccc2)c2ccccc2)c1. The van der Waals surface area contributed by atoms with Crippen molar-refractivity contribution >= 4 is 11.8 Å². The van der Waals surface area contributed by atoms with Gasteiger partial charge in [0.1, 0.15) is 0 Å². The van der Waals surface area contributed by atoms with E-state index in [1.807, 2.05) is 91.9 Å². The molecule has 0 aliphatic rings. The zero-order valence-corrected chi connectivity index (χ0v) is 16.6. The van der Waals surface area contributed by atoms with Crippen LogP contribution in [0.4, 0.5) is 0 Å². The molecule has 0 aromatic heterocycles. The number of benzene rings is 3. The highest BCUT2D eigenvalue weighted by molar-refractivity contribution is 5.85. The highest BCUT2D eigenvalue weighted by atomic mass is 16.2. The van der Waals surface area contributed by atoms with Gasteiger partial charge in [-0.05, 0) is 23.6 Å². The van der Waals surface area contributed by atoms with E-state index in [0.717, 1.165) is 22.3 Å². The van der Waals surface area contributed by atoms with E-state index in [9.17, 15) is 9.59 Å². The van der Waals surface area contributed by atoms with Crippen molar-refractivity contribution in [1.82, 2.24) is 10.6 Å². The fraction of sp³-hybridized carbons (Fsp3) is 0.200. The van der Waals surface area contributed by atoms with Gasteiger partial charge in [0.15, 0.2) is 0 Å². The molecule has 148 valence electrons. The molecule has 0 aliphatic heterocycles. The van der Waals surface area contributed by atoms with Crippen LogP contribution in [-0.4, -0.2) is 18.4 Å². The summed E-state index contributed by atoms with van der Waals surface area (Å²) < 4.78 is 0. The summed E-state index contributed by atoms with van der Waals surface area (Å²) in [5, 5.41) is 5.59. The van der Waals surface area contributed by atoms with Crippen molar-refractivity contribution in [2.24, 2.45) is 0 Å². The Labute approximate surface area is 172 Å². The van der Waals surface area contributed by atoms with Crippen LogP contribution in [0, 0.1) is 6.92 Å². The summed E-state index contributed by atoms with van der Waals surface area (Å²) in [6.45, 7) is 2.44. The lowest BCUT2D eigenvalue weighted by atomic mass is 9.88. The number of amides is 2. The molecule has 4 heteroatoms. The van der Waals surface area contributed by atoms with E-state index in [1.165, 1.54) is 0 Å². The van der Waals surface area contributed by atoms with Crippen LogP contribution in [0.1, 0.15) is 34.6 Å². The van der Waals surface area contributed by atoms with Gasteiger partial charge in [0.25, 0.3) is 0 Å². The Morgan fingerprint density at radius 2 is 1.38 bits per heavy atom. The molecule has 0 fully saturated rings. The summed E-state index contributed by atoms with van der Waals surface area (Å²) in [4.78, 5) is 24.6. The van der Waals surface area contributed by atoms with Crippen molar-refractivity contribution < 1.29 is 9.59 Å². The van der Waals surface area contributed by atoms with Gasteiger partial charge in [-0.3, -0.25) is 9.59 Å². The number of aryl methyl sites for hydroxylation is 1. The van der Waals surface area contributed by atoms with E-state index in [2.05, 4.69) is 10.6 Å². The van der Waals surface area contributed by atoms with E-state index in [1.54, 1.807) is 0 Å². The molecule has 0 radical (unpaired) electrons. The van der Waals surface area contributed by atoms with Crippen molar-refractivity contribution in [3.05, 3.63) is 107 Å². The first-order valence-electron chi connectivity index (χ1n) is 9.80. The Bertz CT molecular complexity index is 900. The number of hydrogen-bond acceptors (Lipinski definition) is 2. The second-order valence-corrected chi connectivity index (χ2v) is 7.12. The Morgan fingerprint density at radius 3 is 1.97 bits per heavy atom. The van der Waals surface area contributed by atoms with Crippen LogP contribution in [0.2, 0.25) is 0 Å². The van der Waals surface area contributed by atoms with Gasteiger partial charge in [0.2, 0.25) is 11.8 Å². The van der Waals surface area contributed by atoms with E-state index in [4.69, 9.17) is 0 Å². The minimum Gasteiger partial charge on any atom is -0.350 e. The molecule has 0 unspecified atom stereocenters. The first kappa shape index (κ1) is 20.3. The highest BCUT2D eigenvalue weighted by Crippen LogP contribution is 2.27. The molecule has 0 heterocycles. The molecule has 0 bridgehead atoms. The second-order valence-electron chi connectivity index (χ2n) is 7.12. The Kier molecular flexibility index (Phi) is 7.17. The van der Waals surface area contributed by atoms with Gasteiger partial charge < -0.3 is 10.6 Å². The standard InChI is InChI=1S/C25H26N2O2/c1-19-9-8-10-20(15-19)17-26-25(29)18-27-24(28)16-23(21-11-4-2-5-12-21)22-13-6-3-7-14-22/h2-15,23H,16-18H2,1H3,(H,26,29)(H,27,28). The molecule has 0 saturated heterocycles. The number of hydrogen-bond donors (Lipinski definition) is 2. The molecule has 0 aliphatic carbocycles. The third kappa shape index (κ3) is 6.32. The van der Waals surface area contributed by atoms with E-state index >= 15 is 0 Å². The number of carbonyl (C=O) groups excluding carboxylic acids is 2. The minimum absolute atomic E-state index is 0.0268. The first-order valence-corrected chi connectivity index (χ1v) is 9.80. The summed E-state index contributed by atoms with van der Waals surface area (Å²) in [5.41, 5.74) is 4.35. The number of nitrogens with one attached hydrogen (secondary N) is 2. The lowest BCUT2D eigenvalue weighted by molar-refractivity contribution is -0.126. The maximum Gasteiger partial charge on any atom is 0.239 e. The van der Waals surface area contributed by atoms with Crippen LogP contribution >= 0.6 is 0 Å². The molecule has 0 spiro atoms. The minimum atomic E-state index is -0.198. The van der Waals surface area contributed by atoms with E-state index in [0.29, 0.717) is 13.0 Å². The molecule has 2 N–H and O–H groups in total. The maximum absolute atomic E-state index is 12.5. The van der Waals surface area contributed by atoms with Gasteiger partial charge in [-0.1, -0.05) is 90.5 Å². The topological polar surface area (TPSA) is 58.2 Å². The second kappa shape index (κ2) is 10.2. The fourth-order valence-electron chi connectivity index (χ4n) is 3.32. The Hall–Kier alpha value is -3.40. The summed E-state index contributed by atoms with van der Waals surface area (Å²) in [7, 11) is 0. The third-order valence-corrected chi connectivity index (χ3v) is 4.81. The van der Waals surface area contributed by atoms with Crippen LogP contribution in [0.5, 0.6) is 0 Å². The first-order chi connectivity index (χ1) is 14.1. The molecular formula is C25H26N2O2. The largest absolute Gasteiger partial charge is 0.350 e. The number of rotatable bonds is 8. The van der Waals surface area contributed by atoms with Crippen molar-refractivity contribution in [3.63, 3.8) is 0 Å². The molecule has 2 amide bonds. The van der Waals surface area contributed by atoms with Gasteiger partial charge in [-0.15, -0.1) is 0 Å². The predicted octanol–water partition coefficient (Wildman–Crippen LogP) is 3.95. The van der Waals surface area contributed by atoms with Crippen LogP contribution in [-0.2, 0) is 16.1 Å². The van der Waals surface area contributed by atoms with Crippen LogP contribution < -0.4 is 10.6 Å². The molecule has 0 atom stereocenters. The molecule has 3 aromatic carbocycles. The van der Waals surface area contributed by atoms with E-state index < -0.39 is 0 Å². The average molecular weight is 386 g/mol. The Morgan fingerprint density at radius 1 is 0.759 bits per heavy atom. The van der Waals surface area contributed by atoms with Crippen molar-refractivity contribution in [1.29, 1.82) is 0 Å². The summed E-state index contributed by atoms with van der Waals surface area (Å²) in [6.07, 6.45) is 0.291. The normalized spacial score (nSPS) is 10.6. The van der Waals surface area contributed by atoms with Crippen molar-refractivity contribution in [3.8, 4) is 0 Å². The van der Waals surface area contributed by atoms with Gasteiger partial charge >= 0.3 is 0 Å². The zero-order chi connectivity index (χ0) is 20.5.